The first kappa shape index (κ1) is 24.0. The van der Waals surface area contributed by atoms with Gasteiger partial charge < -0.3 is 24.8 Å². The molecule has 0 bridgehead atoms. The van der Waals surface area contributed by atoms with Crippen LogP contribution in [0.25, 0.3) is 0 Å². The Morgan fingerprint density at radius 3 is 2.21 bits per heavy atom. The summed E-state index contributed by atoms with van der Waals surface area (Å²) in [6, 6.07) is 17.8. The number of aliphatic imine (C=N–C) groups is 1. The molecule has 2 aromatic carbocycles. The zero-order chi connectivity index (χ0) is 19.2. The summed E-state index contributed by atoms with van der Waals surface area (Å²) in [6.45, 7) is 3.29. The van der Waals surface area contributed by atoms with Gasteiger partial charge in [-0.15, -0.1) is 24.0 Å². The van der Waals surface area contributed by atoms with Crippen LogP contribution >= 0.6 is 24.0 Å². The summed E-state index contributed by atoms with van der Waals surface area (Å²) in [6.07, 6.45) is 0.892. The molecule has 2 N–H and O–H groups in total. The molecule has 2 rings (SSSR count). The fourth-order valence-corrected chi connectivity index (χ4v) is 2.34. The van der Waals surface area contributed by atoms with Gasteiger partial charge in [0.25, 0.3) is 0 Å². The Kier molecular flexibility index (Phi) is 12.9. The van der Waals surface area contributed by atoms with Gasteiger partial charge in [0.1, 0.15) is 18.1 Å². The van der Waals surface area contributed by atoms with Crippen molar-refractivity contribution in [3.05, 3.63) is 60.2 Å². The summed E-state index contributed by atoms with van der Waals surface area (Å²) in [4.78, 5) is 4.24. The second kappa shape index (κ2) is 15.0. The topological polar surface area (TPSA) is 64.1 Å². The van der Waals surface area contributed by atoms with E-state index in [0.717, 1.165) is 36.0 Å². The minimum absolute atomic E-state index is 0. The van der Waals surface area contributed by atoms with Crippen molar-refractivity contribution in [3.8, 4) is 11.5 Å². The fourth-order valence-electron chi connectivity index (χ4n) is 2.34. The Morgan fingerprint density at radius 2 is 1.54 bits per heavy atom. The highest BCUT2D eigenvalue weighted by Gasteiger charge is 2.00. The second-order valence-corrected chi connectivity index (χ2v) is 5.85. The van der Waals surface area contributed by atoms with Crippen molar-refractivity contribution in [3.63, 3.8) is 0 Å². The lowest BCUT2D eigenvalue weighted by Crippen LogP contribution is -2.37. The maximum atomic E-state index is 5.68. The highest BCUT2D eigenvalue weighted by Crippen LogP contribution is 2.12. The van der Waals surface area contributed by atoms with Gasteiger partial charge in [0.05, 0.1) is 13.2 Å². The van der Waals surface area contributed by atoms with Crippen LogP contribution in [0.4, 0.5) is 0 Å². The van der Waals surface area contributed by atoms with Crippen molar-refractivity contribution < 1.29 is 14.2 Å². The molecule has 154 valence electrons. The number of benzene rings is 2. The molecule has 0 aliphatic rings. The van der Waals surface area contributed by atoms with E-state index in [1.165, 1.54) is 0 Å². The first-order valence-electron chi connectivity index (χ1n) is 9.15. The number of nitrogens with one attached hydrogen (secondary N) is 2. The smallest absolute Gasteiger partial charge is 0.191 e. The molecular weight excluding hydrogens is 469 g/mol. The lowest BCUT2D eigenvalue weighted by molar-refractivity contribution is 0.146. The first-order valence-corrected chi connectivity index (χ1v) is 9.15. The van der Waals surface area contributed by atoms with E-state index in [9.17, 15) is 0 Å². The molecule has 0 unspecified atom stereocenters. The van der Waals surface area contributed by atoms with Gasteiger partial charge in [-0.1, -0.05) is 30.3 Å². The molecule has 7 heteroatoms. The molecule has 6 nitrogen and oxygen atoms in total. The minimum Gasteiger partial charge on any atom is -0.494 e. The number of halogens is 1. The quantitative estimate of drug-likeness (QED) is 0.215. The monoisotopic (exact) mass is 499 g/mol. The van der Waals surface area contributed by atoms with Crippen LogP contribution < -0.4 is 20.1 Å². The van der Waals surface area contributed by atoms with E-state index in [1.807, 2.05) is 54.6 Å². The Bertz CT molecular complexity index is 666. The normalized spacial score (nSPS) is 10.7. The molecule has 0 amide bonds. The molecule has 0 aliphatic heterocycles. The molecule has 0 saturated heterocycles. The van der Waals surface area contributed by atoms with E-state index < -0.39 is 0 Å². The lowest BCUT2D eigenvalue weighted by Gasteiger charge is -2.13. The van der Waals surface area contributed by atoms with Gasteiger partial charge in [-0.2, -0.15) is 0 Å². The average Bonchev–Trinajstić information content (AvgIpc) is 2.72. The van der Waals surface area contributed by atoms with Crippen molar-refractivity contribution in [2.75, 3.05) is 40.5 Å². The van der Waals surface area contributed by atoms with E-state index in [0.29, 0.717) is 26.4 Å². The average molecular weight is 499 g/mol. The van der Waals surface area contributed by atoms with Crippen LogP contribution in [0.15, 0.2) is 59.6 Å². The number of hydrogen-bond donors (Lipinski definition) is 2. The van der Waals surface area contributed by atoms with Crippen molar-refractivity contribution in [2.45, 2.75) is 13.0 Å². The van der Waals surface area contributed by atoms with Gasteiger partial charge in [-0.25, -0.2) is 0 Å². The molecule has 0 aliphatic carbocycles. The van der Waals surface area contributed by atoms with Gasteiger partial charge in [-0.05, 0) is 36.2 Å². The summed E-state index contributed by atoms with van der Waals surface area (Å²) < 4.78 is 16.2. The summed E-state index contributed by atoms with van der Waals surface area (Å²) in [5.41, 5.74) is 1.16. The standard InChI is InChI=1S/C21H29N3O3.HI/c1-22-21(23-13-6-14-26-19-7-4-3-5-8-19)24-17-18-9-11-20(12-10-18)27-16-15-25-2;/h3-5,7-12H,6,13-17H2,1-2H3,(H2,22,23,24);1H. The zero-order valence-electron chi connectivity index (χ0n) is 16.5. The zero-order valence-corrected chi connectivity index (χ0v) is 18.8. The van der Waals surface area contributed by atoms with Gasteiger partial charge >= 0.3 is 0 Å². The number of guanidine groups is 1. The van der Waals surface area contributed by atoms with Crippen molar-refractivity contribution in [1.82, 2.24) is 10.6 Å². The van der Waals surface area contributed by atoms with Crippen molar-refractivity contribution in [1.29, 1.82) is 0 Å². The molecule has 0 saturated carbocycles. The summed E-state index contributed by atoms with van der Waals surface area (Å²) >= 11 is 0. The van der Waals surface area contributed by atoms with Crippen LogP contribution in [0.2, 0.25) is 0 Å². The Labute approximate surface area is 184 Å². The van der Waals surface area contributed by atoms with Crippen LogP contribution in [0.3, 0.4) is 0 Å². The molecule has 2 aromatic rings. The maximum absolute atomic E-state index is 5.68. The van der Waals surface area contributed by atoms with Crippen LogP contribution in [0.1, 0.15) is 12.0 Å². The summed E-state index contributed by atoms with van der Waals surface area (Å²) in [5, 5.41) is 6.60. The van der Waals surface area contributed by atoms with Gasteiger partial charge in [0, 0.05) is 27.2 Å². The largest absolute Gasteiger partial charge is 0.494 e. The number of ether oxygens (including phenoxy) is 3. The fraction of sp³-hybridized carbons (Fsp3) is 0.381. The highest BCUT2D eigenvalue weighted by atomic mass is 127. The maximum Gasteiger partial charge on any atom is 0.191 e. The molecule has 0 atom stereocenters. The van der Waals surface area contributed by atoms with Gasteiger partial charge in [0.15, 0.2) is 5.96 Å². The van der Waals surface area contributed by atoms with Crippen molar-refractivity contribution >= 4 is 29.9 Å². The summed E-state index contributed by atoms with van der Waals surface area (Å²) in [7, 11) is 3.43. The Hall–Kier alpha value is -2.00. The third kappa shape index (κ3) is 9.80. The number of para-hydroxylation sites is 1. The highest BCUT2D eigenvalue weighted by molar-refractivity contribution is 14.0. The Balaban J connectivity index is 0.00000392. The van der Waals surface area contributed by atoms with Crippen LogP contribution in [0.5, 0.6) is 11.5 Å². The number of rotatable bonds is 11. The number of methoxy groups -OCH3 is 1. The molecular formula is C21H30IN3O3. The SMILES string of the molecule is CN=C(NCCCOc1ccccc1)NCc1ccc(OCCOC)cc1.I. The molecule has 0 aromatic heterocycles. The molecule has 28 heavy (non-hydrogen) atoms. The molecule has 0 heterocycles. The first-order chi connectivity index (χ1) is 13.3. The number of hydrogen-bond acceptors (Lipinski definition) is 4. The van der Waals surface area contributed by atoms with E-state index in [4.69, 9.17) is 14.2 Å². The van der Waals surface area contributed by atoms with Crippen LogP contribution in [-0.4, -0.2) is 46.5 Å². The summed E-state index contributed by atoms with van der Waals surface area (Å²) in [5.74, 6) is 2.52. The van der Waals surface area contributed by atoms with E-state index in [-0.39, 0.29) is 24.0 Å². The third-order valence-corrected chi connectivity index (χ3v) is 3.79. The number of nitrogens with zero attached hydrogens (tertiary/aromatic N) is 1. The van der Waals surface area contributed by atoms with Crippen molar-refractivity contribution in [2.24, 2.45) is 4.99 Å². The van der Waals surface area contributed by atoms with E-state index in [2.05, 4.69) is 15.6 Å². The molecule has 0 radical (unpaired) electrons. The third-order valence-electron chi connectivity index (χ3n) is 3.79. The van der Waals surface area contributed by atoms with E-state index >= 15 is 0 Å². The van der Waals surface area contributed by atoms with Gasteiger partial charge in [-0.3, -0.25) is 4.99 Å². The predicted molar refractivity (Wildman–Crippen MR) is 124 cm³/mol. The molecule has 0 spiro atoms. The van der Waals surface area contributed by atoms with Gasteiger partial charge in [0.2, 0.25) is 0 Å². The predicted octanol–water partition coefficient (Wildman–Crippen LogP) is 3.46. The lowest BCUT2D eigenvalue weighted by atomic mass is 10.2. The van der Waals surface area contributed by atoms with Crippen LogP contribution in [-0.2, 0) is 11.3 Å². The van der Waals surface area contributed by atoms with E-state index in [1.54, 1.807) is 14.2 Å². The Morgan fingerprint density at radius 1 is 0.857 bits per heavy atom. The molecule has 0 fully saturated rings. The second-order valence-electron chi connectivity index (χ2n) is 5.85. The van der Waals surface area contributed by atoms with Crippen LogP contribution in [0, 0.1) is 0 Å². The minimum atomic E-state index is 0.